The second kappa shape index (κ2) is 9.74. The van der Waals surface area contributed by atoms with Crippen LogP contribution in [0.3, 0.4) is 0 Å². The van der Waals surface area contributed by atoms with Crippen LogP contribution < -0.4 is 4.90 Å². The zero-order valence-electron chi connectivity index (χ0n) is 28.6. The summed E-state index contributed by atoms with van der Waals surface area (Å²) in [6, 6.07) is 49.1. The van der Waals surface area contributed by atoms with E-state index in [4.69, 9.17) is 4.42 Å². The van der Waals surface area contributed by atoms with Crippen LogP contribution in [0.5, 0.6) is 0 Å². The first-order chi connectivity index (χ1) is 23.7. The highest BCUT2D eigenvalue weighted by atomic mass is 16.3. The SMILES string of the molecule is Cc1ccccc1N(c1cc2c(c3ccccc13)-c1cc3c(cc1C2(C)C)-c1ccccc1C3(C)C)c1cccc2c1oc1ccccc12. The molecule has 0 unspecified atom stereocenters. The highest BCUT2D eigenvalue weighted by molar-refractivity contribution is 6.14. The van der Waals surface area contributed by atoms with Gasteiger partial charge in [0.05, 0.1) is 11.4 Å². The molecule has 0 amide bonds. The molecule has 0 radical (unpaired) electrons. The second-order valence-electron chi connectivity index (χ2n) is 15.0. The molecular weight excluding hydrogens is 595 g/mol. The third-order valence-corrected chi connectivity index (χ3v) is 11.6. The van der Waals surface area contributed by atoms with Crippen LogP contribution in [0.15, 0.2) is 138 Å². The van der Waals surface area contributed by atoms with Crippen molar-refractivity contribution in [2.75, 3.05) is 4.90 Å². The fourth-order valence-electron chi connectivity index (χ4n) is 9.05. The lowest BCUT2D eigenvalue weighted by Gasteiger charge is -2.30. The molecule has 8 aromatic rings. The first kappa shape index (κ1) is 28.4. The third-order valence-electron chi connectivity index (χ3n) is 11.6. The number of hydrogen-bond acceptors (Lipinski definition) is 2. The molecule has 236 valence electrons. The highest BCUT2D eigenvalue weighted by Gasteiger charge is 2.43. The van der Waals surface area contributed by atoms with Crippen molar-refractivity contribution in [3.8, 4) is 22.3 Å². The van der Waals surface area contributed by atoms with Gasteiger partial charge >= 0.3 is 0 Å². The van der Waals surface area contributed by atoms with Gasteiger partial charge in [-0.25, -0.2) is 0 Å². The fraction of sp³-hybridized carbons (Fsp3) is 0.149. The molecule has 2 heteroatoms. The van der Waals surface area contributed by atoms with Gasteiger partial charge in [-0.05, 0) is 98.8 Å². The monoisotopic (exact) mass is 631 g/mol. The Bertz CT molecular complexity index is 2690. The van der Waals surface area contributed by atoms with Crippen molar-refractivity contribution in [1.29, 1.82) is 0 Å². The number of fused-ring (bicyclic) bond motifs is 11. The van der Waals surface area contributed by atoms with Crippen molar-refractivity contribution in [2.45, 2.75) is 45.4 Å². The Kier molecular flexibility index (Phi) is 5.65. The molecule has 49 heavy (non-hydrogen) atoms. The van der Waals surface area contributed by atoms with Gasteiger partial charge in [-0.15, -0.1) is 0 Å². The first-order valence-electron chi connectivity index (χ1n) is 17.4. The van der Waals surface area contributed by atoms with Crippen LogP contribution in [0.25, 0.3) is 55.0 Å². The van der Waals surface area contributed by atoms with Gasteiger partial charge in [0, 0.05) is 32.7 Å². The van der Waals surface area contributed by atoms with E-state index >= 15 is 0 Å². The highest BCUT2D eigenvalue weighted by Crippen LogP contribution is 2.59. The standard InChI is InChI=1S/C47H37NO/c1-28-15-6-12-22-40(28)48(41-23-14-20-33-31-18-10-13-24-43(31)49-45(33)41)42-27-39-44(32-19-8-7-17-30(32)42)35-26-37-34(25-38(35)47(39,4)5)29-16-9-11-21-36(29)46(37,2)3/h6-27H,1-5H3. The van der Waals surface area contributed by atoms with E-state index in [1.54, 1.807) is 0 Å². The van der Waals surface area contributed by atoms with E-state index in [2.05, 4.69) is 167 Å². The van der Waals surface area contributed by atoms with Crippen LogP contribution in [-0.2, 0) is 10.8 Å². The molecule has 2 aliphatic carbocycles. The van der Waals surface area contributed by atoms with Crippen molar-refractivity contribution in [3.63, 3.8) is 0 Å². The van der Waals surface area contributed by atoms with Crippen LogP contribution in [0.1, 0.15) is 55.5 Å². The summed E-state index contributed by atoms with van der Waals surface area (Å²) < 4.78 is 6.70. The number of benzene rings is 7. The van der Waals surface area contributed by atoms with Gasteiger partial charge in [0.15, 0.2) is 5.58 Å². The third kappa shape index (κ3) is 3.72. The Morgan fingerprint density at radius 3 is 1.90 bits per heavy atom. The maximum atomic E-state index is 6.70. The minimum atomic E-state index is -0.205. The molecule has 7 aromatic carbocycles. The average Bonchev–Trinajstić information content (AvgIpc) is 3.69. The Hall–Kier alpha value is -5.60. The van der Waals surface area contributed by atoms with Gasteiger partial charge in [-0.2, -0.15) is 0 Å². The lowest BCUT2D eigenvalue weighted by molar-refractivity contribution is 0.652. The van der Waals surface area contributed by atoms with E-state index in [1.807, 2.05) is 6.07 Å². The van der Waals surface area contributed by atoms with Crippen molar-refractivity contribution in [2.24, 2.45) is 0 Å². The zero-order valence-corrected chi connectivity index (χ0v) is 28.6. The number of rotatable bonds is 3. The van der Waals surface area contributed by atoms with Crippen LogP contribution in [-0.4, -0.2) is 0 Å². The lowest BCUT2D eigenvalue weighted by Crippen LogP contribution is -2.18. The minimum Gasteiger partial charge on any atom is -0.454 e. The molecule has 2 nitrogen and oxygen atoms in total. The van der Waals surface area contributed by atoms with Gasteiger partial charge in [0.25, 0.3) is 0 Å². The summed E-state index contributed by atoms with van der Waals surface area (Å²) in [6.45, 7) is 11.8. The summed E-state index contributed by atoms with van der Waals surface area (Å²) in [5, 5.41) is 4.77. The van der Waals surface area contributed by atoms with Gasteiger partial charge in [-0.1, -0.05) is 125 Å². The summed E-state index contributed by atoms with van der Waals surface area (Å²) in [5.74, 6) is 0. The Morgan fingerprint density at radius 1 is 0.449 bits per heavy atom. The smallest absolute Gasteiger partial charge is 0.159 e. The van der Waals surface area contributed by atoms with Crippen molar-refractivity contribution in [1.82, 2.24) is 0 Å². The maximum absolute atomic E-state index is 6.70. The number of aryl methyl sites for hydroxylation is 1. The van der Waals surface area contributed by atoms with Crippen LogP contribution in [0.4, 0.5) is 17.1 Å². The lowest BCUT2D eigenvalue weighted by atomic mass is 9.79. The topological polar surface area (TPSA) is 16.4 Å². The molecule has 0 N–H and O–H groups in total. The second-order valence-corrected chi connectivity index (χ2v) is 15.0. The summed E-state index contributed by atoms with van der Waals surface area (Å²) in [7, 11) is 0. The quantitative estimate of drug-likeness (QED) is 0.193. The molecule has 2 aliphatic rings. The van der Waals surface area contributed by atoms with Crippen molar-refractivity contribution in [3.05, 3.63) is 161 Å². The number of nitrogens with zero attached hydrogens (tertiary/aromatic N) is 1. The Labute approximate surface area is 287 Å². The molecule has 1 aromatic heterocycles. The Morgan fingerprint density at radius 2 is 1.06 bits per heavy atom. The number of furan rings is 1. The number of anilines is 3. The molecule has 0 fully saturated rings. The maximum Gasteiger partial charge on any atom is 0.159 e. The number of hydrogen-bond donors (Lipinski definition) is 0. The van der Waals surface area contributed by atoms with Gasteiger partial charge in [0.2, 0.25) is 0 Å². The van der Waals surface area contributed by atoms with Crippen molar-refractivity contribution >= 4 is 49.8 Å². The molecule has 0 saturated carbocycles. The Balaban J connectivity index is 1.28. The van der Waals surface area contributed by atoms with Crippen molar-refractivity contribution < 1.29 is 4.42 Å². The summed E-state index contributed by atoms with van der Waals surface area (Å²) in [6.07, 6.45) is 0. The average molecular weight is 632 g/mol. The van der Waals surface area contributed by atoms with Crippen LogP contribution in [0, 0.1) is 6.92 Å². The molecule has 0 saturated heterocycles. The first-order valence-corrected chi connectivity index (χ1v) is 17.4. The predicted octanol–water partition coefficient (Wildman–Crippen LogP) is 13.1. The zero-order chi connectivity index (χ0) is 33.2. The van der Waals surface area contributed by atoms with Gasteiger partial charge < -0.3 is 9.32 Å². The summed E-state index contributed by atoms with van der Waals surface area (Å²) in [5.41, 5.74) is 17.2. The number of para-hydroxylation sites is 3. The van der Waals surface area contributed by atoms with E-state index in [1.165, 1.54) is 60.8 Å². The fourth-order valence-corrected chi connectivity index (χ4v) is 9.05. The van der Waals surface area contributed by atoms with E-state index in [0.717, 1.165) is 39.0 Å². The van der Waals surface area contributed by atoms with Gasteiger partial charge in [0.1, 0.15) is 5.58 Å². The van der Waals surface area contributed by atoms with Gasteiger partial charge in [-0.3, -0.25) is 0 Å². The molecule has 1 heterocycles. The van der Waals surface area contributed by atoms with E-state index in [-0.39, 0.29) is 10.8 Å². The minimum absolute atomic E-state index is 0.0590. The van der Waals surface area contributed by atoms with E-state index < -0.39 is 0 Å². The summed E-state index contributed by atoms with van der Waals surface area (Å²) in [4.78, 5) is 2.45. The van der Waals surface area contributed by atoms with Crippen LogP contribution in [0.2, 0.25) is 0 Å². The molecular formula is C47H37NO. The normalized spacial score (nSPS) is 15.0. The predicted molar refractivity (Wildman–Crippen MR) is 206 cm³/mol. The molecule has 0 atom stereocenters. The largest absolute Gasteiger partial charge is 0.454 e. The molecule has 0 spiro atoms. The molecule has 0 aliphatic heterocycles. The van der Waals surface area contributed by atoms with E-state index in [9.17, 15) is 0 Å². The summed E-state index contributed by atoms with van der Waals surface area (Å²) >= 11 is 0. The van der Waals surface area contributed by atoms with Crippen LogP contribution >= 0.6 is 0 Å². The van der Waals surface area contributed by atoms with E-state index in [0.29, 0.717) is 0 Å². The molecule has 0 bridgehead atoms. The molecule has 10 rings (SSSR count).